The number of furan rings is 1. The number of aryl methyl sites for hydroxylation is 1. The number of carbonyl (C=O) groups is 2. The monoisotopic (exact) mass is 391 g/mol. The van der Waals surface area contributed by atoms with Gasteiger partial charge in [-0.05, 0) is 25.1 Å². The van der Waals surface area contributed by atoms with Gasteiger partial charge in [0, 0.05) is 11.1 Å². The van der Waals surface area contributed by atoms with Gasteiger partial charge in [0.1, 0.15) is 17.3 Å². The summed E-state index contributed by atoms with van der Waals surface area (Å²) in [6, 6.07) is 15.0. The molecule has 0 bridgehead atoms. The minimum atomic E-state index is -1.07. The minimum absolute atomic E-state index is 0.0265. The molecule has 1 atom stereocenters. The van der Waals surface area contributed by atoms with E-state index in [0.29, 0.717) is 11.3 Å². The lowest BCUT2D eigenvalue weighted by molar-refractivity contribution is -0.140. The second-order valence-electron chi connectivity index (χ2n) is 6.89. The summed E-state index contributed by atoms with van der Waals surface area (Å²) < 4.78 is 20.0. The number of hydrogen-bond acceptors (Lipinski definition) is 4. The molecule has 5 nitrogen and oxygen atoms in total. The second kappa shape index (κ2) is 7.39. The van der Waals surface area contributed by atoms with Crippen molar-refractivity contribution >= 4 is 17.4 Å². The molecule has 0 saturated carbocycles. The highest BCUT2D eigenvalue weighted by Crippen LogP contribution is 2.41. The molecule has 0 aliphatic carbocycles. The lowest BCUT2D eigenvalue weighted by atomic mass is 9.94. The molecule has 0 spiro atoms. The number of ketones is 1. The van der Waals surface area contributed by atoms with Crippen LogP contribution in [0.2, 0.25) is 0 Å². The van der Waals surface area contributed by atoms with Gasteiger partial charge in [-0.15, -0.1) is 0 Å². The average molecular weight is 391 g/mol. The van der Waals surface area contributed by atoms with E-state index in [0.717, 1.165) is 5.56 Å². The molecule has 4 rings (SSSR count). The highest BCUT2D eigenvalue weighted by molar-refractivity contribution is 6.46. The van der Waals surface area contributed by atoms with Gasteiger partial charge in [0.15, 0.2) is 0 Å². The third-order valence-electron chi connectivity index (χ3n) is 4.97. The second-order valence-corrected chi connectivity index (χ2v) is 6.89. The van der Waals surface area contributed by atoms with Crippen LogP contribution in [0.4, 0.5) is 4.39 Å². The van der Waals surface area contributed by atoms with Gasteiger partial charge in [0.2, 0.25) is 0 Å². The molecule has 2 aromatic carbocycles. The van der Waals surface area contributed by atoms with E-state index in [1.54, 1.807) is 42.5 Å². The Bertz CT molecular complexity index is 1100. The molecule has 1 aliphatic rings. The van der Waals surface area contributed by atoms with Crippen molar-refractivity contribution in [2.45, 2.75) is 19.5 Å². The fourth-order valence-electron chi connectivity index (χ4n) is 3.50. The first-order valence-corrected chi connectivity index (χ1v) is 9.09. The molecule has 1 amide bonds. The predicted octanol–water partition coefficient (Wildman–Crippen LogP) is 4.35. The molecule has 2 heterocycles. The number of aliphatic hydroxyl groups is 1. The summed E-state index contributed by atoms with van der Waals surface area (Å²) in [6.45, 7) is 1.87. The molecule has 0 unspecified atom stereocenters. The zero-order valence-corrected chi connectivity index (χ0v) is 15.6. The Morgan fingerprint density at radius 1 is 1.07 bits per heavy atom. The molecule has 1 saturated heterocycles. The summed E-state index contributed by atoms with van der Waals surface area (Å²) >= 11 is 0. The van der Waals surface area contributed by atoms with Gasteiger partial charge in [-0.3, -0.25) is 9.59 Å². The smallest absolute Gasteiger partial charge is 0.296 e. The number of benzene rings is 2. The molecule has 1 fully saturated rings. The Morgan fingerprint density at radius 3 is 2.45 bits per heavy atom. The van der Waals surface area contributed by atoms with Crippen molar-refractivity contribution in [1.29, 1.82) is 0 Å². The topological polar surface area (TPSA) is 70.8 Å². The molecule has 1 N–H and O–H groups in total. The van der Waals surface area contributed by atoms with Crippen molar-refractivity contribution in [2.75, 3.05) is 0 Å². The van der Waals surface area contributed by atoms with Gasteiger partial charge in [-0.2, -0.15) is 0 Å². The van der Waals surface area contributed by atoms with Gasteiger partial charge in [-0.25, -0.2) is 4.39 Å². The molecule has 146 valence electrons. The quantitative estimate of drug-likeness (QED) is 0.408. The van der Waals surface area contributed by atoms with E-state index < -0.39 is 23.5 Å². The van der Waals surface area contributed by atoms with Crippen LogP contribution in [-0.4, -0.2) is 21.7 Å². The molecule has 1 aromatic heterocycles. The molecule has 0 radical (unpaired) electrons. The lowest BCUT2D eigenvalue weighted by Gasteiger charge is -2.24. The van der Waals surface area contributed by atoms with E-state index in [4.69, 9.17) is 4.42 Å². The highest BCUT2D eigenvalue weighted by Gasteiger charge is 2.47. The van der Waals surface area contributed by atoms with Crippen LogP contribution >= 0.6 is 0 Å². The summed E-state index contributed by atoms with van der Waals surface area (Å²) in [5.74, 6) is -2.13. The van der Waals surface area contributed by atoms with Crippen molar-refractivity contribution < 1.29 is 23.5 Å². The number of halogens is 1. The van der Waals surface area contributed by atoms with Crippen LogP contribution in [0.15, 0.2) is 76.9 Å². The first-order valence-electron chi connectivity index (χ1n) is 9.09. The van der Waals surface area contributed by atoms with Gasteiger partial charge in [0.05, 0.1) is 24.4 Å². The zero-order valence-electron chi connectivity index (χ0n) is 15.6. The third kappa shape index (κ3) is 3.33. The van der Waals surface area contributed by atoms with Crippen molar-refractivity contribution in [1.82, 2.24) is 4.90 Å². The molecular weight excluding hydrogens is 373 g/mol. The average Bonchev–Trinajstić information content (AvgIpc) is 3.31. The largest absolute Gasteiger partial charge is 0.507 e. The number of amides is 1. The number of rotatable bonds is 4. The number of likely N-dealkylation sites (tertiary alicyclic amines) is 1. The SMILES string of the molecule is Cc1ccc(C(O)=C2C(=O)C(=O)N(Cc3ccco3)[C@H]2c2ccccc2F)cc1. The summed E-state index contributed by atoms with van der Waals surface area (Å²) in [5, 5.41) is 10.9. The van der Waals surface area contributed by atoms with Gasteiger partial charge in [0.25, 0.3) is 11.7 Å². The van der Waals surface area contributed by atoms with Crippen molar-refractivity contribution in [3.63, 3.8) is 0 Å². The van der Waals surface area contributed by atoms with E-state index in [1.807, 2.05) is 6.92 Å². The maximum Gasteiger partial charge on any atom is 0.296 e. The lowest BCUT2D eigenvalue weighted by Crippen LogP contribution is -2.29. The van der Waals surface area contributed by atoms with E-state index in [1.165, 1.54) is 29.4 Å². The molecule has 6 heteroatoms. The summed E-state index contributed by atoms with van der Waals surface area (Å²) in [7, 11) is 0. The summed E-state index contributed by atoms with van der Waals surface area (Å²) in [4.78, 5) is 26.9. The van der Waals surface area contributed by atoms with Crippen LogP contribution < -0.4 is 0 Å². The number of hydrogen-bond donors (Lipinski definition) is 1. The van der Waals surface area contributed by atoms with E-state index >= 15 is 0 Å². The van der Waals surface area contributed by atoms with Gasteiger partial charge in [-0.1, -0.05) is 48.0 Å². The summed E-state index contributed by atoms with van der Waals surface area (Å²) in [6.07, 6.45) is 1.45. The van der Waals surface area contributed by atoms with E-state index in [-0.39, 0.29) is 23.4 Å². The molecule has 1 aliphatic heterocycles. The van der Waals surface area contributed by atoms with E-state index in [9.17, 15) is 19.1 Å². The molecule has 29 heavy (non-hydrogen) atoms. The normalized spacial score (nSPS) is 18.4. The first kappa shape index (κ1) is 18.7. The first-order chi connectivity index (χ1) is 14.0. The Hall–Kier alpha value is -3.67. The Balaban J connectivity index is 1.89. The van der Waals surface area contributed by atoms with Crippen molar-refractivity contribution in [2.24, 2.45) is 0 Å². The number of Topliss-reactive ketones (excluding diaryl/α,β-unsaturated/α-hetero) is 1. The van der Waals surface area contributed by atoms with Crippen molar-refractivity contribution in [3.8, 4) is 0 Å². The van der Waals surface area contributed by atoms with Gasteiger partial charge >= 0.3 is 0 Å². The number of carbonyl (C=O) groups excluding carboxylic acids is 2. The number of aliphatic hydroxyl groups excluding tert-OH is 1. The molecular formula is C23H18FNO4. The highest BCUT2D eigenvalue weighted by atomic mass is 19.1. The van der Waals surface area contributed by atoms with Crippen molar-refractivity contribution in [3.05, 3.63) is 101 Å². The van der Waals surface area contributed by atoms with Gasteiger partial charge < -0.3 is 14.4 Å². The fraction of sp³-hybridized carbons (Fsp3) is 0.130. The number of nitrogens with zero attached hydrogens (tertiary/aromatic N) is 1. The Morgan fingerprint density at radius 2 is 1.79 bits per heavy atom. The van der Waals surface area contributed by atoms with Crippen LogP contribution in [0.25, 0.3) is 5.76 Å². The standard InChI is InChI=1S/C23H18FNO4/c1-14-8-10-15(11-9-14)21(26)19-20(17-6-2-3-7-18(17)24)25(23(28)22(19)27)13-16-5-4-12-29-16/h2-12,20,26H,13H2,1H3/t20-/m0/s1. The third-order valence-corrected chi connectivity index (χ3v) is 4.97. The maximum absolute atomic E-state index is 14.7. The van der Waals surface area contributed by atoms with Crippen LogP contribution in [-0.2, 0) is 16.1 Å². The maximum atomic E-state index is 14.7. The van der Waals surface area contributed by atoms with E-state index in [2.05, 4.69) is 0 Å². The summed E-state index contributed by atoms with van der Waals surface area (Å²) in [5.41, 5.74) is 1.35. The molecule has 3 aromatic rings. The predicted molar refractivity (Wildman–Crippen MR) is 104 cm³/mol. The van der Waals surface area contributed by atoms with Crippen LogP contribution in [0.5, 0.6) is 0 Å². The Kier molecular flexibility index (Phi) is 4.76. The van der Waals surface area contributed by atoms with Crippen LogP contribution in [0, 0.1) is 12.7 Å². The zero-order chi connectivity index (χ0) is 20.5. The van der Waals surface area contributed by atoms with Crippen LogP contribution in [0.1, 0.15) is 28.5 Å². The van der Waals surface area contributed by atoms with Crippen LogP contribution in [0.3, 0.4) is 0 Å². The minimum Gasteiger partial charge on any atom is -0.507 e. The Labute approximate surface area is 166 Å². The fourth-order valence-corrected chi connectivity index (χ4v) is 3.50.